The Labute approximate surface area is 167 Å². The molecule has 0 atom stereocenters. The van der Waals surface area contributed by atoms with Gasteiger partial charge in [0.1, 0.15) is 5.03 Å². The Balaban J connectivity index is 1.90. The summed E-state index contributed by atoms with van der Waals surface area (Å²) in [6.45, 7) is 0. The van der Waals surface area contributed by atoms with Crippen molar-refractivity contribution in [1.29, 1.82) is 0 Å². The van der Waals surface area contributed by atoms with Crippen LogP contribution in [0.1, 0.15) is 23.2 Å². The van der Waals surface area contributed by atoms with E-state index < -0.39 is 39.6 Å². The first-order valence-electron chi connectivity index (χ1n) is 7.76. The Morgan fingerprint density at radius 2 is 1.79 bits per heavy atom. The van der Waals surface area contributed by atoms with Gasteiger partial charge in [0.05, 0.1) is 5.69 Å². The zero-order valence-electron chi connectivity index (χ0n) is 13.8. The molecule has 0 spiro atoms. The van der Waals surface area contributed by atoms with Crippen LogP contribution in [0.15, 0.2) is 32.1 Å². The van der Waals surface area contributed by atoms with Crippen molar-refractivity contribution in [2.45, 2.75) is 51.1 Å². The predicted molar refractivity (Wildman–Crippen MR) is 94.5 cm³/mol. The first-order valence-corrected chi connectivity index (χ1v) is 10.4. The molecule has 0 fully saturated rings. The van der Waals surface area contributed by atoms with E-state index in [0.717, 1.165) is 30.4 Å². The number of aromatic amines is 1. The van der Waals surface area contributed by atoms with E-state index in [1.807, 2.05) is 0 Å². The normalized spacial score (nSPS) is 14.4. The molecule has 4 nitrogen and oxygen atoms in total. The first-order chi connectivity index (χ1) is 13.0. The van der Waals surface area contributed by atoms with Gasteiger partial charge in [-0.05, 0) is 37.1 Å². The van der Waals surface area contributed by atoms with Gasteiger partial charge in [0.25, 0.3) is 5.56 Å². The standard InChI is InChI=1S/C15H11F6N3OS3/c16-14(17,18)27-10-4-5-22-12(28-15(19,20)21)8(10)6-26-13-23-9-3-1-2-7(9)11(25)24-13/h4-5H,1-3,6H2,(H,23,24,25). The maximum absolute atomic E-state index is 12.8. The number of hydrogen-bond donors (Lipinski definition) is 1. The quantitative estimate of drug-likeness (QED) is 0.378. The van der Waals surface area contributed by atoms with Gasteiger partial charge in [-0.1, -0.05) is 11.8 Å². The number of rotatable bonds is 5. The molecule has 28 heavy (non-hydrogen) atoms. The number of fused-ring (bicyclic) bond motifs is 1. The second-order valence-electron chi connectivity index (χ2n) is 5.63. The Morgan fingerprint density at radius 1 is 1.07 bits per heavy atom. The largest absolute Gasteiger partial charge is 0.447 e. The zero-order chi connectivity index (χ0) is 20.5. The molecule has 0 bridgehead atoms. The van der Waals surface area contributed by atoms with Gasteiger partial charge >= 0.3 is 11.0 Å². The van der Waals surface area contributed by atoms with E-state index in [4.69, 9.17) is 0 Å². The third kappa shape index (κ3) is 5.60. The van der Waals surface area contributed by atoms with E-state index in [1.54, 1.807) is 0 Å². The first kappa shape index (κ1) is 21.4. The van der Waals surface area contributed by atoms with Crippen LogP contribution in [0, 0.1) is 0 Å². The van der Waals surface area contributed by atoms with E-state index in [9.17, 15) is 31.1 Å². The van der Waals surface area contributed by atoms with E-state index in [1.165, 1.54) is 0 Å². The molecule has 0 saturated carbocycles. The lowest BCUT2D eigenvalue weighted by Gasteiger charge is -2.15. The number of hydrogen-bond acceptors (Lipinski definition) is 6. The number of nitrogens with zero attached hydrogens (tertiary/aromatic N) is 2. The number of aromatic nitrogens is 3. The van der Waals surface area contributed by atoms with Gasteiger partial charge in [-0.3, -0.25) is 4.79 Å². The molecule has 2 aromatic heterocycles. The number of H-pyrrole nitrogens is 1. The number of pyridine rings is 1. The molecule has 2 heterocycles. The third-order valence-corrected chi connectivity index (χ3v) is 6.19. The van der Waals surface area contributed by atoms with Gasteiger partial charge in [0.15, 0.2) is 5.16 Å². The monoisotopic (exact) mass is 459 g/mol. The highest BCUT2D eigenvalue weighted by atomic mass is 32.2. The lowest BCUT2D eigenvalue weighted by atomic mass is 10.3. The molecule has 0 radical (unpaired) electrons. The molecule has 1 N–H and O–H groups in total. The molecule has 0 aromatic carbocycles. The van der Waals surface area contributed by atoms with Crippen molar-refractivity contribution < 1.29 is 26.3 Å². The highest BCUT2D eigenvalue weighted by molar-refractivity contribution is 8.01. The summed E-state index contributed by atoms with van der Waals surface area (Å²) in [5, 5.41) is -0.404. The summed E-state index contributed by atoms with van der Waals surface area (Å²) in [4.78, 5) is 22.1. The minimum atomic E-state index is -4.70. The molecular formula is C15H11F6N3OS3. The number of halogens is 6. The van der Waals surface area contributed by atoms with Crippen LogP contribution in [0.5, 0.6) is 0 Å². The minimum absolute atomic E-state index is 0.153. The zero-order valence-corrected chi connectivity index (χ0v) is 16.2. The Kier molecular flexibility index (Phi) is 6.25. The summed E-state index contributed by atoms with van der Waals surface area (Å²) < 4.78 is 76.8. The lowest BCUT2D eigenvalue weighted by molar-refractivity contribution is -0.0335. The molecule has 13 heteroatoms. The Bertz CT molecular complexity index is 894. The number of aryl methyl sites for hydroxylation is 1. The van der Waals surface area contributed by atoms with Crippen molar-refractivity contribution in [3.8, 4) is 0 Å². The molecule has 1 aliphatic rings. The molecule has 152 valence electrons. The summed E-state index contributed by atoms with van der Waals surface area (Å²) >= 11 is -0.206. The smallest absolute Gasteiger partial charge is 0.301 e. The average Bonchev–Trinajstić information content (AvgIpc) is 3.00. The van der Waals surface area contributed by atoms with Crippen molar-refractivity contribution in [2.24, 2.45) is 0 Å². The predicted octanol–water partition coefficient (Wildman–Crippen LogP) is 5.17. The molecule has 2 aromatic rings. The van der Waals surface area contributed by atoms with Crippen LogP contribution in [-0.4, -0.2) is 26.0 Å². The SMILES string of the molecule is O=c1[nH]c(SCc2c(SC(F)(F)F)ccnc2SC(F)(F)F)nc2c1CCC2. The van der Waals surface area contributed by atoms with Gasteiger partial charge in [-0.25, -0.2) is 9.97 Å². The summed E-state index contributed by atoms with van der Waals surface area (Å²) in [5.74, 6) is -0.258. The van der Waals surface area contributed by atoms with Gasteiger partial charge in [-0.15, -0.1) is 0 Å². The van der Waals surface area contributed by atoms with Gasteiger partial charge in [0, 0.05) is 39.7 Å². The molecule has 1 aliphatic carbocycles. The third-order valence-electron chi connectivity index (χ3n) is 3.68. The van der Waals surface area contributed by atoms with E-state index in [0.29, 0.717) is 24.1 Å². The fourth-order valence-electron chi connectivity index (χ4n) is 2.64. The summed E-state index contributed by atoms with van der Waals surface area (Å²) in [6, 6.07) is 1.02. The highest BCUT2D eigenvalue weighted by Crippen LogP contribution is 2.45. The molecule has 0 aliphatic heterocycles. The van der Waals surface area contributed by atoms with Crippen LogP contribution in [-0.2, 0) is 18.6 Å². The second-order valence-corrected chi connectivity index (χ2v) is 8.75. The van der Waals surface area contributed by atoms with E-state index in [2.05, 4.69) is 15.0 Å². The number of thioether (sulfide) groups is 3. The molecule has 3 rings (SSSR count). The topological polar surface area (TPSA) is 58.6 Å². The summed E-state index contributed by atoms with van der Waals surface area (Å²) in [5.41, 5.74) is -8.71. The van der Waals surface area contributed by atoms with Crippen LogP contribution in [0.3, 0.4) is 0 Å². The molecule has 0 saturated heterocycles. The van der Waals surface area contributed by atoms with Crippen molar-refractivity contribution in [3.63, 3.8) is 0 Å². The minimum Gasteiger partial charge on any atom is -0.301 e. The molecule has 0 amide bonds. The fraction of sp³-hybridized carbons (Fsp3) is 0.400. The van der Waals surface area contributed by atoms with Gasteiger partial charge in [0.2, 0.25) is 0 Å². The van der Waals surface area contributed by atoms with Crippen molar-refractivity contribution in [3.05, 3.63) is 39.4 Å². The second kappa shape index (κ2) is 8.19. The van der Waals surface area contributed by atoms with Crippen molar-refractivity contribution in [2.75, 3.05) is 0 Å². The fourth-order valence-corrected chi connectivity index (χ4v) is 5.10. The van der Waals surface area contributed by atoms with Crippen molar-refractivity contribution >= 4 is 35.3 Å². The van der Waals surface area contributed by atoms with Crippen LogP contribution in [0.25, 0.3) is 0 Å². The van der Waals surface area contributed by atoms with Crippen LogP contribution in [0.4, 0.5) is 26.3 Å². The Morgan fingerprint density at radius 3 is 2.46 bits per heavy atom. The van der Waals surface area contributed by atoms with Crippen LogP contribution in [0.2, 0.25) is 0 Å². The Hall–Kier alpha value is -1.34. The maximum atomic E-state index is 12.8. The highest BCUT2D eigenvalue weighted by Gasteiger charge is 2.35. The lowest BCUT2D eigenvalue weighted by Crippen LogP contribution is -2.15. The summed E-state index contributed by atoms with van der Waals surface area (Å²) in [7, 11) is 0. The molecule has 0 unspecified atom stereocenters. The van der Waals surface area contributed by atoms with Gasteiger partial charge in [-0.2, -0.15) is 26.3 Å². The number of alkyl halides is 6. The van der Waals surface area contributed by atoms with Crippen LogP contribution >= 0.6 is 35.3 Å². The maximum Gasteiger partial charge on any atom is 0.447 e. The summed E-state index contributed by atoms with van der Waals surface area (Å²) in [6.07, 6.45) is 2.90. The van der Waals surface area contributed by atoms with Crippen molar-refractivity contribution in [1.82, 2.24) is 15.0 Å². The van der Waals surface area contributed by atoms with Gasteiger partial charge < -0.3 is 4.98 Å². The molecular weight excluding hydrogens is 448 g/mol. The van der Waals surface area contributed by atoms with Crippen LogP contribution < -0.4 is 5.56 Å². The average molecular weight is 459 g/mol. The van der Waals surface area contributed by atoms with E-state index in [-0.39, 0.29) is 26.9 Å². The van der Waals surface area contributed by atoms with E-state index >= 15 is 0 Å². The number of nitrogens with one attached hydrogen (secondary N) is 1.